The molecular formula is C23H21ClN2O2S. The number of thioether (sulfide) groups is 1. The van der Waals surface area contributed by atoms with Gasteiger partial charge in [0.25, 0.3) is 5.91 Å². The fourth-order valence-electron chi connectivity index (χ4n) is 2.76. The molecule has 0 radical (unpaired) electrons. The van der Waals surface area contributed by atoms with Crippen molar-refractivity contribution >= 4 is 40.9 Å². The lowest BCUT2D eigenvalue weighted by Crippen LogP contribution is -2.28. The molecule has 0 aliphatic rings. The van der Waals surface area contributed by atoms with Crippen molar-refractivity contribution in [3.05, 3.63) is 95.0 Å². The lowest BCUT2D eigenvalue weighted by molar-refractivity contribution is -0.113. The normalized spacial score (nSPS) is 11.5. The molecule has 1 atom stereocenters. The van der Waals surface area contributed by atoms with E-state index in [9.17, 15) is 9.59 Å². The predicted octanol–water partition coefficient (Wildman–Crippen LogP) is 5.56. The minimum absolute atomic E-state index is 0.145. The number of rotatable bonds is 7. The van der Waals surface area contributed by atoms with Crippen LogP contribution in [0.3, 0.4) is 0 Å². The molecule has 0 aromatic heterocycles. The van der Waals surface area contributed by atoms with E-state index in [1.54, 1.807) is 36.4 Å². The van der Waals surface area contributed by atoms with E-state index >= 15 is 0 Å². The summed E-state index contributed by atoms with van der Waals surface area (Å²) in [6, 6.07) is 23.9. The van der Waals surface area contributed by atoms with Gasteiger partial charge in [0.1, 0.15) is 0 Å². The molecule has 3 rings (SSSR count). The highest BCUT2D eigenvalue weighted by Gasteiger charge is 2.16. The molecule has 4 nitrogen and oxygen atoms in total. The lowest BCUT2D eigenvalue weighted by Gasteiger charge is -2.16. The Morgan fingerprint density at radius 2 is 1.59 bits per heavy atom. The van der Waals surface area contributed by atoms with Crippen LogP contribution in [0.25, 0.3) is 0 Å². The molecule has 0 saturated heterocycles. The van der Waals surface area contributed by atoms with Crippen LogP contribution in [0.4, 0.5) is 5.69 Å². The van der Waals surface area contributed by atoms with Gasteiger partial charge in [0, 0.05) is 9.92 Å². The number of carbonyl (C=O) groups is 2. The quantitative estimate of drug-likeness (QED) is 0.488. The first-order chi connectivity index (χ1) is 14.0. The first kappa shape index (κ1) is 21.0. The van der Waals surface area contributed by atoms with Crippen LogP contribution in [0, 0.1) is 0 Å². The van der Waals surface area contributed by atoms with E-state index in [2.05, 4.69) is 10.6 Å². The van der Waals surface area contributed by atoms with Crippen molar-refractivity contribution in [3.63, 3.8) is 0 Å². The topological polar surface area (TPSA) is 58.2 Å². The molecule has 29 heavy (non-hydrogen) atoms. The van der Waals surface area contributed by atoms with Crippen molar-refractivity contribution in [2.45, 2.75) is 17.9 Å². The van der Waals surface area contributed by atoms with Crippen LogP contribution in [-0.4, -0.2) is 17.6 Å². The molecule has 2 N–H and O–H groups in total. The van der Waals surface area contributed by atoms with Gasteiger partial charge in [0.15, 0.2) is 0 Å². The Bertz CT molecular complexity index is 978. The van der Waals surface area contributed by atoms with E-state index in [-0.39, 0.29) is 23.6 Å². The number of hydrogen-bond acceptors (Lipinski definition) is 3. The van der Waals surface area contributed by atoms with Crippen LogP contribution >= 0.6 is 23.4 Å². The number of halogens is 1. The molecule has 0 heterocycles. The van der Waals surface area contributed by atoms with E-state index in [1.807, 2.05) is 49.4 Å². The second-order valence-corrected chi connectivity index (χ2v) is 7.93. The highest BCUT2D eigenvalue weighted by Crippen LogP contribution is 2.22. The average molecular weight is 425 g/mol. The van der Waals surface area contributed by atoms with Gasteiger partial charge in [-0.15, -0.1) is 11.8 Å². The van der Waals surface area contributed by atoms with Gasteiger partial charge < -0.3 is 10.6 Å². The molecule has 0 aliphatic heterocycles. The zero-order valence-corrected chi connectivity index (χ0v) is 17.5. The minimum atomic E-state index is -0.234. The Hall–Kier alpha value is -2.76. The number of para-hydroxylation sites is 1. The first-order valence-corrected chi connectivity index (χ1v) is 10.5. The summed E-state index contributed by atoms with van der Waals surface area (Å²) in [7, 11) is 0. The Labute approximate surface area is 179 Å². The summed E-state index contributed by atoms with van der Waals surface area (Å²) in [6.45, 7) is 1.93. The number of nitrogens with one attached hydrogen (secondary N) is 2. The standard InChI is InChI=1S/C23H21ClN2O2S/c1-16(17-7-3-2-4-8-17)25-23(28)20-9-5-6-10-21(20)26-22(27)15-29-19-13-11-18(24)12-14-19/h2-14,16H,15H2,1H3,(H,25,28)(H,26,27)/t16-/m0/s1. The third-order valence-electron chi connectivity index (χ3n) is 4.28. The van der Waals surface area contributed by atoms with Crippen LogP contribution < -0.4 is 10.6 Å². The summed E-state index contributed by atoms with van der Waals surface area (Å²) in [6.07, 6.45) is 0. The van der Waals surface area contributed by atoms with Gasteiger partial charge in [0.05, 0.1) is 23.0 Å². The fraction of sp³-hybridized carbons (Fsp3) is 0.130. The van der Waals surface area contributed by atoms with E-state index in [4.69, 9.17) is 11.6 Å². The second kappa shape index (κ2) is 10.1. The van der Waals surface area contributed by atoms with Crippen molar-refractivity contribution in [2.24, 2.45) is 0 Å². The van der Waals surface area contributed by atoms with E-state index in [1.165, 1.54) is 11.8 Å². The molecule has 0 aliphatic carbocycles. The van der Waals surface area contributed by atoms with Gasteiger partial charge in [-0.05, 0) is 48.9 Å². The van der Waals surface area contributed by atoms with Crippen LogP contribution in [-0.2, 0) is 4.79 Å². The summed E-state index contributed by atoms with van der Waals surface area (Å²) in [5.74, 6) is -0.179. The van der Waals surface area contributed by atoms with Gasteiger partial charge in [-0.25, -0.2) is 0 Å². The highest BCUT2D eigenvalue weighted by atomic mass is 35.5. The van der Waals surface area contributed by atoms with E-state index in [0.717, 1.165) is 10.5 Å². The maximum Gasteiger partial charge on any atom is 0.253 e. The van der Waals surface area contributed by atoms with Crippen molar-refractivity contribution in [2.75, 3.05) is 11.1 Å². The smallest absolute Gasteiger partial charge is 0.253 e. The molecule has 2 amide bonds. The molecule has 3 aromatic carbocycles. The SMILES string of the molecule is C[C@H](NC(=O)c1ccccc1NC(=O)CSc1ccc(Cl)cc1)c1ccccc1. The number of amides is 2. The van der Waals surface area contributed by atoms with Crippen LogP contribution in [0.5, 0.6) is 0 Å². The fourth-order valence-corrected chi connectivity index (χ4v) is 3.58. The van der Waals surface area contributed by atoms with Crippen molar-refractivity contribution in [1.82, 2.24) is 5.32 Å². The summed E-state index contributed by atoms with van der Waals surface area (Å²) in [5.41, 5.74) is 1.94. The molecule has 0 bridgehead atoms. The third kappa shape index (κ3) is 6.11. The van der Waals surface area contributed by atoms with E-state index < -0.39 is 0 Å². The predicted molar refractivity (Wildman–Crippen MR) is 120 cm³/mol. The van der Waals surface area contributed by atoms with Crippen LogP contribution in [0.15, 0.2) is 83.8 Å². The zero-order chi connectivity index (χ0) is 20.6. The van der Waals surface area contributed by atoms with Crippen molar-refractivity contribution in [3.8, 4) is 0 Å². The molecule has 3 aromatic rings. The third-order valence-corrected chi connectivity index (χ3v) is 5.54. The molecule has 0 fully saturated rings. The molecule has 148 valence electrons. The number of carbonyl (C=O) groups excluding carboxylic acids is 2. The Morgan fingerprint density at radius 1 is 0.931 bits per heavy atom. The summed E-state index contributed by atoms with van der Waals surface area (Å²) in [5, 5.41) is 6.48. The number of anilines is 1. The van der Waals surface area contributed by atoms with Gasteiger partial charge in [-0.1, -0.05) is 54.1 Å². The van der Waals surface area contributed by atoms with Crippen molar-refractivity contribution in [1.29, 1.82) is 0 Å². The summed E-state index contributed by atoms with van der Waals surface area (Å²) in [4.78, 5) is 26.1. The lowest BCUT2D eigenvalue weighted by atomic mass is 10.1. The number of hydrogen-bond donors (Lipinski definition) is 2. The van der Waals surface area contributed by atoms with Crippen LogP contribution in [0.2, 0.25) is 5.02 Å². The summed E-state index contributed by atoms with van der Waals surface area (Å²) >= 11 is 7.28. The molecule has 6 heteroatoms. The van der Waals surface area contributed by atoms with Gasteiger partial charge >= 0.3 is 0 Å². The minimum Gasteiger partial charge on any atom is -0.345 e. The van der Waals surface area contributed by atoms with E-state index in [0.29, 0.717) is 16.3 Å². The molecular weight excluding hydrogens is 404 g/mol. The first-order valence-electron chi connectivity index (χ1n) is 9.16. The molecule has 0 saturated carbocycles. The van der Waals surface area contributed by atoms with Gasteiger partial charge in [-0.2, -0.15) is 0 Å². The Morgan fingerprint density at radius 3 is 2.31 bits per heavy atom. The largest absolute Gasteiger partial charge is 0.345 e. The summed E-state index contributed by atoms with van der Waals surface area (Å²) < 4.78 is 0. The monoisotopic (exact) mass is 424 g/mol. The number of benzene rings is 3. The average Bonchev–Trinajstić information content (AvgIpc) is 2.74. The van der Waals surface area contributed by atoms with Crippen molar-refractivity contribution < 1.29 is 9.59 Å². The Balaban J connectivity index is 1.62. The second-order valence-electron chi connectivity index (χ2n) is 6.44. The zero-order valence-electron chi connectivity index (χ0n) is 15.9. The highest BCUT2D eigenvalue weighted by molar-refractivity contribution is 8.00. The maximum atomic E-state index is 12.8. The maximum absolute atomic E-state index is 12.8. The Kier molecular flexibility index (Phi) is 7.33. The molecule has 0 spiro atoms. The van der Waals surface area contributed by atoms with Gasteiger partial charge in [-0.3, -0.25) is 9.59 Å². The van der Waals surface area contributed by atoms with Crippen LogP contribution in [0.1, 0.15) is 28.9 Å². The van der Waals surface area contributed by atoms with Gasteiger partial charge in [0.2, 0.25) is 5.91 Å². The molecule has 0 unspecified atom stereocenters.